The number of carbonyl (C=O) groups is 1. The third-order valence-electron chi connectivity index (χ3n) is 4.07. The molecule has 0 unspecified atom stereocenters. The van der Waals surface area contributed by atoms with E-state index in [1.165, 1.54) is 0 Å². The molecule has 1 heterocycles. The third kappa shape index (κ3) is 3.16. The Morgan fingerprint density at radius 2 is 1.59 bits per heavy atom. The van der Waals surface area contributed by atoms with Crippen LogP contribution < -0.4 is 0 Å². The number of nitrogens with zero attached hydrogens (tertiary/aromatic N) is 1. The molecule has 0 saturated carbocycles. The lowest BCUT2D eigenvalue weighted by atomic mass is 9.41. The van der Waals surface area contributed by atoms with Crippen molar-refractivity contribution in [2.75, 3.05) is 0 Å². The highest BCUT2D eigenvalue weighted by Crippen LogP contribution is 2.36. The first-order chi connectivity index (χ1) is 10.1. The number of rotatable bonds is 3. The van der Waals surface area contributed by atoms with Gasteiger partial charge in [-0.25, -0.2) is 0 Å². The summed E-state index contributed by atoms with van der Waals surface area (Å²) in [4.78, 5) is 15.8. The Labute approximate surface area is 135 Å². The number of aromatic nitrogens is 1. The minimum atomic E-state index is -0.947. The van der Waals surface area contributed by atoms with Crippen LogP contribution in [0.5, 0.6) is 0 Å². The molecule has 0 N–H and O–H groups in total. The zero-order valence-corrected chi connectivity index (χ0v) is 13.6. The minimum absolute atomic E-state index is 0.0519. The number of benzene rings is 1. The molecule has 0 amide bonds. The average Bonchev–Trinajstić information content (AvgIpc) is 2.46. The molecule has 1 aromatic heterocycles. The van der Waals surface area contributed by atoms with Crippen LogP contribution >= 0.6 is 0 Å². The number of pyridine rings is 1. The highest BCUT2D eigenvalue weighted by atomic mass is 16.1. The number of ketones is 1. The molecular weight excluding hydrogens is 268 g/mol. The second kappa shape index (κ2) is 5.75. The van der Waals surface area contributed by atoms with E-state index in [0.29, 0.717) is 5.56 Å². The molecule has 22 heavy (non-hydrogen) atoms. The number of hydrogen-bond donors (Lipinski definition) is 0. The molecular formula is C18H19B2NO. The average molecular weight is 287 g/mol. The summed E-state index contributed by atoms with van der Waals surface area (Å²) in [6, 6.07) is 11.2. The van der Waals surface area contributed by atoms with E-state index in [2.05, 4.69) is 4.98 Å². The van der Waals surface area contributed by atoms with Crippen molar-refractivity contribution in [1.29, 1.82) is 0 Å². The molecule has 0 aliphatic rings. The number of Topliss-reactive ketones (excluding diaryl/α,β-unsaturated/α-hetero) is 1. The van der Waals surface area contributed by atoms with Gasteiger partial charge in [0.05, 0.1) is 21.4 Å². The molecule has 2 nitrogen and oxygen atoms in total. The fourth-order valence-electron chi connectivity index (χ4n) is 2.12. The predicted octanol–water partition coefficient (Wildman–Crippen LogP) is 3.49. The van der Waals surface area contributed by atoms with Crippen molar-refractivity contribution >= 4 is 21.5 Å². The summed E-state index contributed by atoms with van der Waals surface area (Å²) >= 11 is 0. The van der Waals surface area contributed by atoms with Gasteiger partial charge >= 0.3 is 0 Å². The van der Waals surface area contributed by atoms with Gasteiger partial charge in [0.15, 0.2) is 5.78 Å². The number of carbonyl (C=O) groups excluding carboxylic acids is 1. The summed E-state index contributed by atoms with van der Waals surface area (Å²) < 4.78 is 0. The lowest BCUT2D eigenvalue weighted by Crippen LogP contribution is -2.41. The monoisotopic (exact) mass is 287 g/mol. The number of hydrogen-bond acceptors (Lipinski definition) is 2. The molecule has 0 fully saturated rings. The molecule has 0 spiro atoms. The van der Waals surface area contributed by atoms with Crippen molar-refractivity contribution in [3.05, 3.63) is 53.7 Å². The van der Waals surface area contributed by atoms with Gasteiger partial charge in [-0.05, 0) is 24.0 Å². The lowest BCUT2D eigenvalue weighted by molar-refractivity contribution is 0.101. The molecule has 0 bridgehead atoms. The molecule has 0 atom stereocenters. The molecule has 4 heteroatoms. The standard InChI is InChI=1S/C18H19B2NO/c1-12(22)13-5-7-14(8-6-13)16-10-9-15(11-21-16)18(19,20)17(2,3)4/h5-11H,1-4H3. The van der Waals surface area contributed by atoms with Crippen LogP contribution in [-0.4, -0.2) is 26.5 Å². The topological polar surface area (TPSA) is 30.0 Å². The fourth-order valence-corrected chi connectivity index (χ4v) is 2.12. The fraction of sp³-hybridized carbons (Fsp3) is 0.333. The Hall–Kier alpha value is -1.83. The van der Waals surface area contributed by atoms with Gasteiger partial charge in [0.1, 0.15) is 0 Å². The van der Waals surface area contributed by atoms with E-state index in [1.54, 1.807) is 25.3 Å². The van der Waals surface area contributed by atoms with E-state index in [4.69, 9.17) is 15.7 Å². The van der Waals surface area contributed by atoms with E-state index in [-0.39, 0.29) is 11.2 Å². The van der Waals surface area contributed by atoms with Crippen molar-refractivity contribution in [2.24, 2.45) is 5.41 Å². The second-order valence-electron chi connectivity index (χ2n) is 6.68. The zero-order valence-electron chi connectivity index (χ0n) is 13.6. The first kappa shape index (κ1) is 16.5. The SMILES string of the molecule is [B]C([B])(c1ccc(-c2ccc(C(C)=O)cc2)nc1)C(C)(C)C. The molecule has 0 saturated heterocycles. The Balaban J connectivity index is 2.31. The van der Waals surface area contributed by atoms with Crippen LogP contribution in [0, 0.1) is 5.41 Å². The summed E-state index contributed by atoms with van der Waals surface area (Å²) in [6.07, 6.45) is 1.72. The molecule has 2 aromatic rings. The maximum atomic E-state index is 11.3. The predicted molar refractivity (Wildman–Crippen MR) is 92.3 cm³/mol. The molecule has 2 rings (SSSR count). The van der Waals surface area contributed by atoms with Gasteiger partial charge in [0.25, 0.3) is 0 Å². The lowest BCUT2D eigenvalue weighted by Gasteiger charge is -2.40. The van der Waals surface area contributed by atoms with E-state index in [1.807, 2.05) is 45.0 Å². The van der Waals surface area contributed by atoms with Gasteiger partial charge in [-0.1, -0.05) is 56.3 Å². The third-order valence-corrected chi connectivity index (χ3v) is 4.07. The Bertz CT molecular complexity index is 668. The van der Waals surface area contributed by atoms with Gasteiger partial charge in [0, 0.05) is 17.3 Å². The van der Waals surface area contributed by atoms with Gasteiger partial charge in [-0.3, -0.25) is 9.78 Å². The Kier molecular flexibility index (Phi) is 4.32. The highest BCUT2D eigenvalue weighted by molar-refractivity contribution is 6.40. The molecule has 0 aliphatic carbocycles. The van der Waals surface area contributed by atoms with Crippen LogP contribution in [0.25, 0.3) is 11.3 Å². The van der Waals surface area contributed by atoms with Crippen LogP contribution in [0.15, 0.2) is 42.6 Å². The Morgan fingerprint density at radius 3 is 2.00 bits per heavy atom. The molecule has 108 valence electrons. The summed E-state index contributed by atoms with van der Waals surface area (Å²) in [7, 11) is 12.5. The van der Waals surface area contributed by atoms with Gasteiger partial charge in [-0.2, -0.15) is 0 Å². The van der Waals surface area contributed by atoms with Gasteiger partial charge in [0.2, 0.25) is 0 Å². The second-order valence-corrected chi connectivity index (χ2v) is 6.68. The van der Waals surface area contributed by atoms with E-state index in [0.717, 1.165) is 16.8 Å². The van der Waals surface area contributed by atoms with Crippen molar-refractivity contribution in [3.63, 3.8) is 0 Å². The van der Waals surface area contributed by atoms with Crippen LogP contribution in [0.3, 0.4) is 0 Å². The smallest absolute Gasteiger partial charge is 0.159 e. The van der Waals surface area contributed by atoms with E-state index >= 15 is 0 Å². The quantitative estimate of drug-likeness (QED) is 0.639. The van der Waals surface area contributed by atoms with Crippen molar-refractivity contribution in [3.8, 4) is 11.3 Å². The summed E-state index contributed by atoms with van der Waals surface area (Å²) in [5.74, 6) is 0.0519. The van der Waals surface area contributed by atoms with Gasteiger partial charge < -0.3 is 0 Å². The minimum Gasteiger partial charge on any atom is -0.295 e. The van der Waals surface area contributed by atoms with Crippen LogP contribution in [0.4, 0.5) is 0 Å². The van der Waals surface area contributed by atoms with Crippen LogP contribution in [0.1, 0.15) is 43.6 Å². The summed E-state index contributed by atoms with van der Waals surface area (Å²) in [5, 5.41) is -0.947. The van der Waals surface area contributed by atoms with Crippen LogP contribution in [0.2, 0.25) is 0 Å². The molecule has 0 aliphatic heterocycles. The van der Waals surface area contributed by atoms with Crippen molar-refractivity contribution in [1.82, 2.24) is 4.98 Å². The van der Waals surface area contributed by atoms with Crippen LogP contribution in [-0.2, 0) is 5.21 Å². The molecule has 4 radical (unpaired) electrons. The zero-order chi connectivity index (χ0) is 16.5. The normalized spacial score (nSPS) is 12.2. The maximum Gasteiger partial charge on any atom is 0.159 e. The first-order valence-corrected chi connectivity index (χ1v) is 7.28. The first-order valence-electron chi connectivity index (χ1n) is 7.28. The van der Waals surface area contributed by atoms with E-state index < -0.39 is 5.21 Å². The van der Waals surface area contributed by atoms with Crippen molar-refractivity contribution in [2.45, 2.75) is 32.9 Å². The van der Waals surface area contributed by atoms with Gasteiger partial charge in [-0.15, -0.1) is 0 Å². The van der Waals surface area contributed by atoms with Crippen molar-refractivity contribution < 1.29 is 4.79 Å². The molecule has 1 aromatic carbocycles. The Morgan fingerprint density at radius 1 is 1.00 bits per heavy atom. The van der Waals surface area contributed by atoms with E-state index in [9.17, 15) is 4.79 Å². The maximum absolute atomic E-state index is 11.3. The largest absolute Gasteiger partial charge is 0.295 e. The highest BCUT2D eigenvalue weighted by Gasteiger charge is 2.33. The summed E-state index contributed by atoms with van der Waals surface area (Å²) in [5.41, 5.74) is 2.98. The summed E-state index contributed by atoms with van der Waals surface area (Å²) in [6.45, 7) is 7.56.